The summed E-state index contributed by atoms with van der Waals surface area (Å²) in [6.07, 6.45) is 0. The predicted octanol–water partition coefficient (Wildman–Crippen LogP) is 2.99. The number of fused-ring (bicyclic) bond motifs is 1. The van der Waals surface area contributed by atoms with Crippen molar-refractivity contribution in [3.8, 4) is 11.5 Å². The average molecular weight is 312 g/mol. The van der Waals surface area contributed by atoms with E-state index in [1.165, 1.54) is 12.1 Å². The Labute approximate surface area is 133 Å². The van der Waals surface area contributed by atoms with E-state index >= 15 is 0 Å². The summed E-state index contributed by atoms with van der Waals surface area (Å²) in [4.78, 5) is 10.8. The number of benzene rings is 2. The topological polar surface area (TPSA) is 80.2 Å². The van der Waals surface area contributed by atoms with Crippen molar-refractivity contribution in [2.45, 2.75) is 6.92 Å². The molecular weight excluding hydrogens is 296 g/mol. The largest absolute Gasteiger partial charge is 0.486 e. The van der Waals surface area contributed by atoms with Gasteiger partial charge in [0.1, 0.15) is 13.2 Å². The van der Waals surface area contributed by atoms with E-state index in [1.54, 1.807) is 12.1 Å². The van der Waals surface area contributed by atoms with Crippen LogP contribution >= 0.6 is 0 Å². The molecule has 0 bridgehead atoms. The van der Waals surface area contributed by atoms with Crippen molar-refractivity contribution in [1.82, 2.24) is 0 Å². The molecule has 0 aromatic heterocycles. The van der Waals surface area contributed by atoms with Crippen molar-refractivity contribution in [3.63, 3.8) is 0 Å². The first-order valence-corrected chi connectivity index (χ1v) is 7.17. The fourth-order valence-electron chi connectivity index (χ4n) is 2.17. The third-order valence-electron chi connectivity index (χ3n) is 3.44. The lowest BCUT2D eigenvalue weighted by molar-refractivity contribution is 0.0697. The molecule has 1 heterocycles. The van der Waals surface area contributed by atoms with Crippen molar-refractivity contribution < 1.29 is 19.4 Å². The third kappa shape index (κ3) is 3.42. The van der Waals surface area contributed by atoms with Gasteiger partial charge in [-0.05, 0) is 49.4 Å². The lowest BCUT2D eigenvalue weighted by Crippen LogP contribution is -2.15. The molecule has 1 aliphatic heterocycles. The maximum absolute atomic E-state index is 10.8. The van der Waals surface area contributed by atoms with Gasteiger partial charge in [-0.1, -0.05) is 0 Å². The summed E-state index contributed by atoms with van der Waals surface area (Å²) in [7, 11) is 0. The molecule has 118 valence electrons. The zero-order valence-corrected chi connectivity index (χ0v) is 12.6. The second-order valence-corrected chi connectivity index (χ2v) is 5.05. The highest BCUT2D eigenvalue weighted by molar-refractivity contribution is 5.99. The first-order chi connectivity index (χ1) is 11.1. The number of carbonyl (C=O) groups is 1. The Bertz CT molecular complexity index is 754. The van der Waals surface area contributed by atoms with Gasteiger partial charge in [-0.3, -0.25) is 5.43 Å². The first-order valence-electron chi connectivity index (χ1n) is 7.17. The molecule has 2 aromatic carbocycles. The molecule has 2 N–H and O–H groups in total. The third-order valence-corrected chi connectivity index (χ3v) is 3.44. The monoisotopic (exact) mass is 312 g/mol. The molecule has 0 fully saturated rings. The van der Waals surface area contributed by atoms with E-state index in [1.807, 2.05) is 25.1 Å². The summed E-state index contributed by atoms with van der Waals surface area (Å²) in [5.74, 6) is 0.506. The van der Waals surface area contributed by atoms with Gasteiger partial charge >= 0.3 is 5.97 Å². The lowest BCUT2D eigenvalue weighted by atomic mass is 10.1. The number of carboxylic acids is 1. The van der Waals surface area contributed by atoms with Crippen LogP contribution in [0.5, 0.6) is 11.5 Å². The fourth-order valence-corrected chi connectivity index (χ4v) is 2.17. The maximum atomic E-state index is 10.8. The van der Waals surface area contributed by atoms with E-state index < -0.39 is 5.97 Å². The van der Waals surface area contributed by atoms with Gasteiger partial charge in [0.05, 0.1) is 17.0 Å². The molecule has 1 aliphatic rings. The van der Waals surface area contributed by atoms with Crippen LogP contribution in [-0.4, -0.2) is 30.0 Å². The maximum Gasteiger partial charge on any atom is 0.335 e. The highest BCUT2D eigenvalue weighted by Gasteiger charge is 2.12. The number of ether oxygens (including phenoxy) is 2. The van der Waals surface area contributed by atoms with Gasteiger partial charge in [0.15, 0.2) is 11.5 Å². The van der Waals surface area contributed by atoms with E-state index in [0.29, 0.717) is 24.7 Å². The molecule has 6 heteroatoms. The van der Waals surface area contributed by atoms with E-state index in [4.69, 9.17) is 14.6 Å². The second-order valence-electron chi connectivity index (χ2n) is 5.05. The zero-order chi connectivity index (χ0) is 16.2. The van der Waals surface area contributed by atoms with Crippen LogP contribution in [0.25, 0.3) is 0 Å². The number of aromatic carboxylic acids is 1. The Balaban J connectivity index is 1.73. The van der Waals surface area contributed by atoms with E-state index in [9.17, 15) is 4.79 Å². The van der Waals surface area contributed by atoms with Gasteiger partial charge in [0.25, 0.3) is 0 Å². The van der Waals surface area contributed by atoms with Crippen LogP contribution in [0.1, 0.15) is 22.8 Å². The average Bonchev–Trinajstić information content (AvgIpc) is 2.59. The molecule has 0 aliphatic carbocycles. The van der Waals surface area contributed by atoms with Crippen LogP contribution in [0.4, 0.5) is 5.69 Å². The Morgan fingerprint density at radius 1 is 1.04 bits per heavy atom. The minimum Gasteiger partial charge on any atom is -0.486 e. The van der Waals surface area contributed by atoms with Crippen LogP contribution in [0.2, 0.25) is 0 Å². The number of hydrogen-bond acceptors (Lipinski definition) is 5. The molecule has 0 atom stereocenters. The van der Waals surface area contributed by atoms with Crippen LogP contribution < -0.4 is 14.9 Å². The number of hydrogen-bond donors (Lipinski definition) is 2. The normalized spacial score (nSPS) is 13.5. The van der Waals surface area contributed by atoms with Crippen molar-refractivity contribution in [3.05, 3.63) is 53.6 Å². The van der Waals surface area contributed by atoms with E-state index in [2.05, 4.69) is 10.5 Å². The molecule has 2 aromatic rings. The van der Waals surface area contributed by atoms with Crippen LogP contribution in [0.15, 0.2) is 47.6 Å². The molecule has 0 radical (unpaired) electrons. The molecule has 3 rings (SSSR count). The van der Waals surface area contributed by atoms with Gasteiger partial charge in [0, 0.05) is 5.56 Å². The molecule has 0 saturated carbocycles. The fraction of sp³-hybridized carbons (Fsp3) is 0.176. The smallest absolute Gasteiger partial charge is 0.335 e. The number of nitrogens with one attached hydrogen (secondary N) is 1. The van der Waals surface area contributed by atoms with Gasteiger partial charge < -0.3 is 14.6 Å². The van der Waals surface area contributed by atoms with E-state index in [-0.39, 0.29) is 5.56 Å². The Morgan fingerprint density at radius 2 is 1.70 bits per heavy atom. The molecule has 0 amide bonds. The summed E-state index contributed by atoms with van der Waals surface area (Å²) in [5.41, 5.74) is 5.57. The van der Waals surface area contributed by atoms with Gasteiger partial charge in [-0.2, -0.15) is 5.10 Å². The number of hydrazone groups is 1. The van der Waals surface area contributed by atoms with Gasteiger partial charge in [-0.25, -0.2) is 4.79 Å². The van der Waals surface area contributed by atoms with Crippen LogP contribution in [-0.2, 0) is 0 Å². The summed E-state index contributed by atoms with van der Waals surface area (Å²) in [6, 6.07) is 12.1. The Kier molecular flexibility index (Phi) is 4.14. The quantitative estimate of drug-likeness (QED) is 0.670. The Hall–Kier alpha value is -3.02. The molecule has 0 unspecified atom stereocenters. The molecule has 23 heavy (non-hydrogen) atoms. The zero-order valence-electron chi connectivity index (χ0n) is 12.6. The number of anilines is 1. The van der Waals surface area contributed by atoms with Crippen molar-refractivity contribution >= 4 is 17.4 Å². The van der Waals surface area contributed by atoms with Crippen molar-refractivity contribution in [1.29, 1.82) is 0 Å². The minimum absolute atomic E-state index is 0.239. The summed E-state index contributed by atoms with van der Waals surface area (Å²) < 4.78 is 11.0. The summed E-state index contributed by atoms with van der Waals surface area (Å²) >= 11 is 0. The van der Waals surface area contributed by atoms with Gasteiger partial charge in [0.2, 0.25) is 0 Å². The standard InChI is InChI=1S/C17H16N2O4/c1-11(13-4-7-15-16(10-13)23-9-8-22-15)18-19-14-5-2-12(3-6-14)17(20)21/h2-7,10,19H,8-9H2,1H3,(H,20,21)/b18-11+. The van der Waals surface area contributed by atoms with E-state index in [0.717, 1.165) is 17.0 Å². The van der Waals surface area contributed by atoms with Crippen molar-refractivity contribution in [2.75, 3.05) is 18.6 Å². The SMILES string of the molecule is C/C(=N\Nc1ccc(C(=O)O)cc1)c1ccc2c(c1)OCCO2. The Morgan fingerprint density at radius 3 is 2.39 bits per heavy atom. The molecule has 0 saturated heterocycles. The summed E-state index contributed by atoms with van der Waals surface area (Å²) in [6.45, 7) is 2.98. The predicted molar refractivity (Wildman–Crippen MR) is 86.7 cm³/mol. The van der Waals surface area contributed by atoms with Crippen LogP contribution in [0, 0.1) is 0 Å². The highest BCUT2D eigenvalue weighted by Crippen LogP contribution is 2.30. The molecule has 0 spiro atoms. The summed E-state index contributed by atoms with van der Waals surface area (Å²) in [5, 5.41) is 13.2. The number of carboxylic acid groups (broad SMARTS) is 1. The number of nitrogens with zero attached hydrogens (tertiary/aromatic N) is 1. The first kappa shape index (κ1) is 14.9. The van der Waals surface area contributed by atoms with Crippen LogP contribution in [0.3, 0.4) is 0 Å². The molecule has 6 nitrogen and oxygen atoms in total. The number of rotatable bonds is 4. The molecular formula is C17H16N2O4. The second kappa shape index (κ2) is 6.39. The lowest BCUT2D eigenvalue weighted by Gasteiger charge is -2.18. The highest BCUT2D eigenvalue weighted by atomic mass is 16.6. The van der Waals surface area contributed by atoms with Crippen molar-refractivity contribution in [2.24, 2.45) is 5.10 Å². The minimum atomic E-state index is -0.951. The van der Waals surface area contributed by atoms with Gasteiger partial charge in [-0.15, -0.1) is 0 Å².